The molecule has 1 aliphatic carbocycles. The van der Waals surface area contributed by atoms with Crippen LogP contribution in [-0.2, 0) is 6.54 Å². The highest BCUT2D eigenvalue weighted by Gasteiger charge is 2.30. The Morgan fingerprint density at radius 3 is 3.00 bits per heavy atom. The van der Waals surface area contributed by atoms with Gasteiger partial charge in [-0.1, -0.05) is 12.1 Å². The Balaban J connectivity index is 1.67. The van der Waals surface area contributed by atoms with Gasteiger partial charge in [0.2, 0.25) is 0 Å². The normalized spacial score (nSPS) is 14.2. The zero-order valence-corrected chi connectivity index (χ0v) is 10.8. The standard InChI is InChI=1S/C14H15FN4O/c15-10-3-1-2-8(6-10)7-17-14(20)13-11(16)12(18-19-13)9-4-5-9/h1-3,6,9H,4-5,7,16H2,(H,17,20)(H,18,19). The Morgan fingerprint density at radius 2 is 2.30 bits per heavy atom. The Morgan fingerprint density at radius 1 is 1.50 bits per heavy atom. The molecule has 5 nitrogen and oxygen atoms in total. The third-order valence-corrected chi connectivity index (χ3v) is 3.38. The van der Waals surface area contributed by atoms with E-state index in [9.17, 15) is 9.18 Å². The maximum atomic E-state index is 13.0. The van der Waals surface area contributed by atoms with Crippen LogP contribution in [0.2, 0.25) is 0 Å². The molecular formula is C14H15FN4O. The van der Waals surface area contributed by atoms with E-state index in [-0.39, 0.29) is 24.0 Å². The van der Waals surface area contributed by atoms with E-state index in [1.165, 1.54) is 12.1 Å². The van der Waals surface area contributed by atoms with E-state index in [0.717, 1.165) is 18.5 Å². The van der Waals surface area contributed by atoms with Gasteiger partial charge < -0.3 is 11.1 Å². The van der Waals surface area contributed by atoms with Gasteiger partial charge in [0.25, 0.3) is 5.91 Å². The second kappa shape index (κ2) is 4.96. The van der Waals surface area contributed by atoms with Gasteiger partial charge in [0.05, 0.1) is 11.4 Å². The highest BCUT2D eigenvalue weighted by Crippen LogP contribution is 2.42. The van der Waals surface area contributed by atoms with Gasteiger partial charge in [-0.2, -0.15) is 5.10 Å². The molecule has 3 rings (SSSR count). The molecule has 1 aliphatic rings. The fourth-order valence-corrected chi connectivity index (χ4v) is 2.13. The molecule has 0 atom stereocenters. The van der Waals surface area contributed by atoms with Crippen LogP contribution in [0, 0.1) is 5.82 Å². The Bertz CT molecular complexity index is 648. The lowest BCUT2D eigenvalue weighted by Gasteiger charge is -2.04. The van der Waals surface area contributed by atoms with Crippen LogP contribution >= 0.6 is 0 Å². The number of hydrogen-bond donors (Lipinski definition) is 3. The van der Waals surface area contributed by atoms with Crippen molar-refractivity contribution < 1.29 is 9.18 Å². The number of aromatic nitrogens is 2. The quantitative estimate of drug-likeness (QED) is 0.796. The van der Waals surface area contributed by atoms with Crippen LogP contribution in [0.3, 0.4) is 0 Å². The second-order valence-corrected chi connectivity index (χ2v) is 4.99. The van der Waals surface area contributed by atoms with E-state index >= 15 is 0 Å². The van der Waals surface area contributed by atoms with Gasteiger partial charge in [-0.25, -0.2) is 4.39 Å². The van der Waals surface area contributed by atoms with E-state index in [0.29, 0.717) is 17.2 Å². The lowest BCUT2D eigenvalue weighted by molar-refractivity contribution is 0.0946. The SMILES string of the molecule is Nc1c(C(=O)NCc2cccc(F)c2)n[nH]c1C1CC1. The number of benzene rings is 1. The van der Waals surface area contributed by atoms with Gasteiger partial charge in [-0.3, -0.25) is 9.89 Å². The van der Waals surface area contributed by atoms with E-state index in [1.807, 2.05) is 0 Å². The van der Waals surface area contributed by atoms with Gasteiger partial charge in [0.1, 0.15) is 5.82 Å². The minimum Gasteiger partial charge on any atom is -0.395 e. The van der Waals surface area contributed by atoms with E-state index < -0.39 is 0 Å². The van der Waals surface area contributed by atoms with Crippen molar-refractivity contribution in [3.05, 3.63) is 47.0 Å². The van der Waals surface area contributed by atoms with Gasteiger partial charge >= 0.3 is 0 Å². The van der Waals surface area contributed by atoms with Gasteiger partial charge in [-0.05, 0) is 30.5 Å². The maximum absolute atomic E-state index is 13.0. The molecule has 20 heavy (non-hydrogen) atoms. The lowest BCUT2D eigenvalue weighted by Crippen LogP contribution is -2.24. The molecule has 104 valence electrons. The summed E-state index contributed by atoms with van der Waals surface area (Å²) in [5.41, 5.74) is 8.09. The number of nitrogens with one attached hydrogen (secondary N) is 2. The first-order chi connectivity index (χ1) is 9.65. The summed E-state index contributed by atoms with van der Waals surface area (Å²) in [5, 5.41) is 9.49. The molecule has 2 aromatic rings. The van der Waals surface area contributed by atoms with Crippen molar-refractivity contribution in [1.82, 2.24) is 15.5 Å². The predicted octanol–water partition coefficient (Wildman–Crippen LogP) is 1.94. The first kappa shape index (κ1) is 12.7. The number of amides is 1. The molecular weight excluding hydrogens is 259 g/mol. The van der Waals surface area contributed by atoms with Crippen LogP contribution < -0.4 is 11.1 Å². The summed E-state index contributed by atoms with van der Waals surface area (Å²) in [4.78, 5) is 12.0. The number of anilines is 1. The third-order valence-electron chi connectivity index (χ3n) is 3.38. The summed E-state index contributed by atoms with van der Waals surface area (Å²) < 4.78 is 13.0. The molecule has 0 unspecified atom stereocenters. The number of halogens is 1. The van der Waals surface area contributed by atoms with Gasteiger partial charge in [0.15, 0.2) is 5.69 Å². The van der Waals surface area contributed by atoms with Gasteiger partial charge in [0, 0.05) is 12.5 Å². The number of nitrogens with two attached hydrogens (primary N) is 1. The molecule has 0 radical (unpaired) electrons. The molecule has 1 heterocycles. The Labute approximate surface area is 115 Å². The molecule has 1 fully saturated rings. The highest BCUT2D eigenvalue weighted by atomic mass is 19.1. The first-order valence-electron chi connectivity index (χ1n) is 6.51. The first-order valence-corrected chi connectivity index (χ1v) is 6.51. The van der Waals surface area contributed by atoms with Crippen molar-refractivity contribution >= 4 is 11.6 Å². The van der Waals surface area contributed by atoms with Crippen molar-refractivity contribution in [1.29, 1.82) is 0 Å². The number of aromatic amines is 1. The van der Waals surface area contributed by atoms with Crippen molar-refractivity contribution in [3.63, 3.8) is 0 Å². The minimum absolute atomic E-state index is 0.211. The molecule has 1 saturated carbocycles. The topological polar surface area (TPSA) is 83.8 Å². The summed E-state index contributed by atoms with van der Waals surface area (Å²) in [6, 6.07) is 6.08. The molecule has 4 N–H and O–H groups in total. The van der Waals surface area contributed by atoms with Crippen molar-refractivity contribution in [2.45, 2.75) is 25.3 Å². The van der Waals surface area contributed by atoms with Gasteiger partial charge in [-0.15, -0.1) is 0 Å². The van der Waals surface area contributed by atoms with Crippen LogP contribution in [0.5, 0.6) is 0 Å². The smallest absolute Gasteiger partial charge is 0.274 e. The monoisotopic (exact) mass is 274 g/mol. The van der Waals surface area contributed by atoms with E-state index in [1.54, 1.807) is 12.1 Å². The molecule has 1 aromatic carbocycles. The Kier molecular flexibility index (Phi) is 3.14. The molecule has 0 aliphatic heterocycles. The summed E-state index contributed by atoms with van der Waals surface area (Å²) in [6.45, 7) is 0.238. The number of carbonyl (C=O) groups is 1. The van der Waals surface area contributed by atoms with Crippen LogP contribution in [0.15, 0.2) is 24.3 Å². The number of H-pyrrole nitrogens is 1. The van der Waals surface area contributed by atoms with Crippen LogP contribution in [-0.4, -0.2) is 16.1 Å². The predicted molar refractivity (Wildman–Crippen MR) is 72.5 cm³/mol. The zero-order chi connectivity index (χ0) is 14.1. The second-order valence-electron chi connectivity index (χ2n) is 4.99. The average molecular weight is 274 g/mol. The van der Waals surface area contributed by atoms with E-state index in [2.05, 4.69) is 15.5 Å². The van der Waals surface area contributed by atoms with Crippen molar-refractivity contribution in [3.8, 4) is 0 Å². The number of rotatable bonds is 4. The fourth-order valence-electron chi connectivity index (χ4n) is 2.13. The summed E-state index contributed by atoms with van der Waals surface area (Å²) in [5.74, 6) is -0.269. The largest absolute Gasteiger partial charge is 0.395 e. The average Bonchev–Trinajstić information content (AvgIpc) is 3.19. The zero-order valence-electron chi connectivity index (χ0n) is 10.8. The Hall–Kier alpha value is -2.37. The maximum Gasteiger partial charge on any atom is 0.274 e. The molecule has 0 bridgehead atoms. The third kappa shape index (κ3) is 2.49. The molecule has 1 amide bonds. The highest BCUT2D eigenvalue weighted by molar-refractivity contribution is 5.97. The number of hydrogen-bond acceptors (Lipinski definition) is 3. The summed E-state index contributed by atoms with van der Waals surface area (Å²) >= 11 is 0. The van der Waals surface area contributed by atoms with Crippen molar-refractivity contribution in [2.24, 2.45) is 0 Å². The van der Waals surface area contributed by atoms with Crippen LogP contribution in [0.4, 0.5) is 10.1 Å². The lowest BCUT2D eigenvalue weighted by atomic mass is 10.2. The number of nitrogens with zero attached hydrogens (tertiary/aromatic N) is 1. The molecule has 1 aromatic heterocycles. The van der Waals surface area contributed by atoms with E-state index in [4.69, 9.17) is 5.73 Å². The summed E-state index contributed by atoms with van der Waals surface area (Å²) in [6.07, 6.45) is 2.16. The molecule has 0 spiro atoms. The molecule has 6 heteroatoms. The van der Waals surface area contributed by atoms with Crippen LogP contribution in [0.25, 0.3) is 0 Å². The summed E-state index contributed by atoms with van der Waals surface area (Å²) in [7, 11) is 0. The minimum atomic E-state index is -0.352. The van der Waals surface area contributed by atoms with Crippen molar-refractivity contribution in [2.75, 3.05) is 5.73 Å². The number of nitrogen functional groups attached to an aromatic ring is 1. The fraction of sp³-hybridized carbons (Fsp3) is 0.286. The van der Waals surface area contributed by atoms with Crippen LogP contribution in [0.1, 0.15) is 40.5 Å². The number of carbonyl (C=O) groups excluding carboxylic acids is 1. The molecule has 0 saturated heterocycles.